The van der Waals surface area contributed by atoms with E-state index < -0.39 is 9.84 Å². The summed E-state index contributed by atoms with van der Waals surface area (Å²) in [5, 5.41) is 1.04. The molecule has 0 saturated heterocycles. The summed E-state index contributed by atoms with van der Waals surface area (Å²) in [5.41, 5.74) is 3.17. The van der Waals surface area contributed by atoms with E-state index in [0.29, 0.717) is 0 Å². The van der Waals surface area contributed by atoms with E-state index >= 15 is 0 Å². The first kappa shape index (κ1) is 12.2. The van der Waals surface area contributed by atoms with Gasteiger partial charge in [0.1, 0.15) is 0 Å². The van der Waals surface area contributed by atoms with Crippen molar-refractivity contribution in [2.45, 2.75) is 19.6 Å². The molecule has 92 valence electrons. The lowest BCUT2D eigenvalue weighted by molar-refractivity contribution is 0.596. The Bertz CT molecular complexity index is 653. The number of aromatic nitrogens is 1. The van der Waals surface area contributed by atoms with Crippen molar-refractivity contribution in [1.82, 2.24) is 4.57 Å². The van der Waals surface area contributed by atoms with Gasteiger partial charge in [0, 0.05) is 29.9 Å². The Labute approximate surface area is 102 Å². The third kappa shape index (κ3) is 2.36. The molecule has 0 N–H and O–H groups in total. The van der Waals surface area contributed by atoms with Crippen LogP contribution in [0.4, 0.5) is 0 Å². The van der Waals surface area contributed by atoms with Crippen molar-refractivity contribution >= 4 is 20.7 Å². The van der Waals surface area contributed by atoms with Crippen LogP contribution >= 0.6 is 0 Å². The average Bonchev–Trinajstić information content (AvgIpc) is 2.55. The number of rotatable bonds is 3. The first-order valence-electron chi connectivity index (χ1n) is 5.68. The lowest BCUT2D eigenvalue weighted by atomic mass is 10.1. The highest BCUT2D eigenvalue weighted by Crippen LogP contribution is 2.23. The van der Waals surface area contributed by atoms with Gasteiger partial charge in [-0.3, -0.25) is 0 Å². The Morgan fingerprint density at radius 2 is 2.00 bits per heavy atom. The van der Waals surface area contributed by atoms with E-state index in [1.54, 1.807) is 6.92 Å². The standard InChI is InChI=1S/C13H17NO2S/c1-4-17(15,16)9-11-8-14(3)13-7-10(2)5-6-12(11)13/h5-8H,4,9H2,1-3H3. The van der Waals surface area contributed by atoms with Crippen molar-refractivity contribution < 1.29 is 8.42 Å². The summed E-state index contributed by atoms with van der Waals surface area (Å²) in [6.07, 6.45) is 1.91. The van der Waals surface area contributed by atoms with Crippen LogP contribution in [0, 0.1) is 6.92 Å². The minimum Gasteiger partial charge on any atom is -0.350 e. The molecule has 0 unspecified atom stereocenters. The van der Waals surface area contributed by atoms with E-state index in [1.165, 1.54) is 5.56 Å². The summed E-state index contributed by atoms with van der Waals surface area (Å²) in [7, 11) is -1.03. The average molecular weight is 251 g/mol. The molecule has 0 saturated carbocycles. The molecule has 1 aromatic heterocycles. The molecule has 0 radical (unpaired) electrons. The monoisotopic (exact) mass is 251 g/mol. The lowest BCUT2D eigenvalue weighted by Gasteiger charge is -2.00. The van der Waals surface area contributed by atoms with E-state index in [2.05, 4.69) is 6.07 Å². The molecule has 1 heterocycles. The Morgan fingerprint density at radius 1 is 1.29 bits per heavy atom. The van der Waals surface area contributed by atoms with Crippen molar-refractivity contribution in [1.29, 1.82) is 0 Å². The maximum atomic E-state index is 11.7. The number of aryl methyl sites for hydroxylation is 2. The van der Waals surface area contributed by atoms with Gasteiger partial charge in [0.2, 0.25) is 0 Å². The molecular weight excluding hydrogens is 234 g/mol. The van der Waals surface area contributed by atoms with Gasteiger partial charge in [0.25, 0.3) is 0 Å². The molecule has 0 aliphatic rings. The van der Waals surface area contributed by atoms with E-state index in [1.807, 2.05) is 36.9 Å². The molecular formula is C13H17NO2S. The topological polar surface area (TPSA) is 39.1 Å². The molecule has 0 bridgehead atoms. The van der Waals surface area contributed by atoms with Gasteiger partial charge < -0.3 is 4.57 Å². The van der Waals surface area contributed by atoms with Crippen LogP contribution in [-0.4, -0.2) is 18.7 Å². The molecule has 2 aromatic rings. The Morgan fingerprint density at radius 3 is 2.65 bits per heavy atom. The molecule has 0 spiro atoms. The molecule has 0 amide bonds. The van der Waals surface area contributed by atoms with Gasteiger partial charge in [-0.2, -0.15) is 0 Å². The molecule has 0 aliphatic heterocycles. The number of hydrogen-bond acceptors (Lipinski definition) is 2. The normalized spacial score (nSPS) is 12.2. The Kier molecular flexibility index (Phi) is 3.00. The number of fused-ring (bicyclic) bond motifs is 1. The first-order chi connectivity index (χ1) is 7.93. The van der Waals surface area contributed by atoms with Gasteiger partial charge in [-0.25, -0.2) is 8.42 Å². The zero-order chi connectivity index (χ0) is 12.6. The largest absolute Gasteiger partial charge is 0.350 e. The van der Waals surface area contributed by atoms with Gasteiger partial charge in [0.05, 0.1) is 5.75 Å². The molecule has 3 nitrogen and oxygen atoms in total. The van der Waals surface area contributed by atoms with E-state index in [9.17, 15) is 8.42 Å². The van der Waals surface area contributed by atoms with Crippen LogP contribution in [-0.2, 0) is 22.6 Å². The van der Waals surface area contributed by atoms with Crippen molar-refractivity contribution in [2.24, 2.45) is 7.05 Å². The summed E-state index contributed by atoms with van der Waals surface area (Å²) in [6.45, 7) is 3.72. The van der Waals surface area contributed by atoms with Crippen LogP contribution in [0.15, 0.2) is 24.4 Å². The first-order valence-corrected chi connectivity index (χ1v) is 7.50. The molecule has 0 aliphatic carbocycles. The van der Waals surface area contributed by atoms with Gasteiger partial charge in [-0.1, -0.05) is 19.1 Å². The van der Waals surface area contributed by atoms with Crippen LogP contribution in [0.5, 0.6) is 0 Å². The maximum absolute atomic E-state index is 11.7. The third-order valence-corrected chi connectivity index (χ3v) is 4.67. The van der Waals surface area contributed by atoms with Gasteiger partial charge in [0.15, 0.2) is 9.84 Å². The number of nitrogens with zero attached hydrogens (tertiary/aromatic N) is 1. The van der Waals surface area contributed by atoms with Gasteiger partial charge in [-0.15, -0.1) is 0 Å². The fourth-order valence-electron chi connectivity index (χ4n) is 2.03. The van der Waals surface area contributed by atoms with Crippen molar-refractivity contribution in [3.8, 4) is 0 Å². The highest BCUT2D eigenvalue weighted by molar-refractivity contribution is 7.90. The number of hydrogen-bond donors (Lipinski definition) is 0. The lowest BCUT2D eigenvalue weighted by Crippen LogP contribution is -2.06. The second kappa shape index (κ2) is 4.18. The number of sulfone groups is 1. The summed E-state index contributed by atoms with van der Waals surface area (Å²) in [6, 6.07) is 6.10. The maximum Gasteiger partial charge on any atom is 0.154 e. The van der Waals surface area contributed by atoms with Gasteiger partial charge >= 0.3 is 0 Å². The SMILES string of the molecule is CCS(=O)(=O)Cc1cn(C)c2cc(C)ccc12. The zero-order valence-corrected chi connectivity index (χ0v) is 11.2. The summed E-state index contributed by atoms with van der Waals surface area (Å²) in [4.78, 5) is 0. The van der Waals surface area contributed by atoms with E-state index in [4.69, 9.17) is 0 Å². The molecule has 0 fully saturated rings. The third-order valence-electron chi connectivity index (χ3n) is 3.04. The van der Waals surface area contributed by atoms with Crippen LogP contribution in [0.2, 0.25) is 0 Å². The fraction of sp³-hybridized carbons (Fsp3) is 0.385. The molecule has 1 aromatic carbocycles. The molecule has 0 atom stereocenters. The van der Waals surface area contributed by atoms with Crippen molar-refractivity contribution in [3.63, 3.8) is 0 Å². The Hall–Kier alpha value is -1.29. The smallest absolute Gasteiger partial charge is 0.154 e. The quantitative estimate of drug-likeness (QED) is 0.840. The van der Waals surface area contributed by atoms with Crippen molar-refractivity contribution in [2.75, 3.05) is 5.75 Å². The minimum absolute atomic E-state index is 0.129. The van der Waals surface area contributed by atoms with Crippen molar-refractivity contribution in [3.05, 3.63) is 35.5 Å². The highest BCUT2D eigenvalue weighted by Gasteiger charge is 2.14. The summed E-state index contributed by atoms with van der Waals surface area (Å²) < 4.78 is 25.3. The van der Waals surface area contributed by atoms with Crippen LogP contribution in [0.25, 0.3) is 10.9 Å². The van der Waals surface area contributed by atoms with Crippen LogP contribution in [0.1, 0.15) is 18.1 Å². The molecule has 4 heteroatoms. The second-order valence-electron chi connectivity index (χ2n) is 4.46. The van der Waals surface area contributed by atoms with Crippen LogP contribution in [0.3, 0.4) is 0 Å². The minimum atomic E-state index is -2.97. The summed E-state index contributed by atoms with van der Waals surface area (Å²) >= 11 is 0. The second-order valence-corrected chi connectivity index (χ2v) is 6.82. The van der Waals surface area contributed by atoms with Crippen LogP contribution < -0.4 is 0 Å². The Balaban J connectivity index is 2.57. The zero-order valence-electron chi connectivity index (χ0n) is 10.4. The van der Waals surface area contributed by atoms with E-state index in [0.717, 1.165) is 16.5 Å². The summed E-state index contributed by atoms with van der Waals surface area (Å²) in [5.74, 6) is 0.319. The molecule has 17 heavy (non-hydrogen) atoms. The van der Waals surface area contributed by atoms with Gasteiger partial charge in [-0.05, 0) is 24.1 Å². The predicted molar refractivity (Wildman–Crippen MR) is 70.8 cm³/mol. The van der Waals surface area contributed by atoms with E-state index in [-0.39, 0.29) is 11.5 Å². The fourth-order valence-corrected chi connectivity index (χ4v) is 2.94. The predicted octanol–water partition coefficient (Wildman–Crippen LogP) is 2.42. The highest BCUT2D eigenvalue weighted by atomic mass is 32.2. The number of benzene rings is 1. The molecule has 2 rings (SSSR count).